The van der Waals surface area contributed by atoms with E-state index in [0.717, 1.165) is 44.6 Å². The first-order valence-corrected chi connectivity index (χ1v) is 9.39. The fraction of sp³-hybridized carbons (Fsp3) is 0.611. The Morgan fingerprint density at radius 2 is 1.92 bits per heavy atom. The third-order valence-electron chi connectivity index (χ3n) is 4.95. The van der Waals surface area contributed by atoms with Gasteiger partial charge in [-0.15, -0.1) is 0 Å². The van der Waals surface area contributed by atoms with E-state index in [1.807, 2.05) is 6.92 Å². The molecular weight excluding hydrogens is 347 g/mol. The molecule has 4 nitrogen and oxygen atoms in total. The summed E-state index contributed by atoms with van der Waals surface area (Å²) in [5.74, 6) is -0.101. The van der Waals surface area contributed by atoms with E-state index >= 15 is 0 Å². The normalized spacial score (nSPS) is 22.7. The van der Waals surface area contributed by atoms with Crippen LogP contribution in [0, 0.1) is 6.92 Å². The molecule has 0 unspecified atom stereocenters. The number of nitrogens with zero attached hydrogens (tertiary/aromatic N) is 1. The lowest BCUT2D eigenvalue weighted by Crippen LogP contribution is -2.46. The molecule has 0 aromatic heterocycles. The Balaban J connectivity index is 1.49. The van der Waals surface area contributed by atoms with Crippen LogP contribution in [-0.4, -0.2) is 49.2 Å². The third kappa shape index (κ3) is 4.42. The van der Waals surface area contributed by atoms with Gasteiger partial charge < -0.3 is 15.0 Å². The smallest absolute Gasteiger partial charge is 0.251 e. The average Bonchev–Trinajstić information content (AvgIpc) is 3.07. The van der Waals surface area contributed by atoms with Crippen LogP contribution in [0.1, 0.15) is 41.6 Å². The fourth-order valence-electron chi connectivity index (χ4n) is 3.38. The van der Waals surface area contributed by atoms with Crippen molar-refractivity contribution < 1.29 is 9.53 Å². The topological polar surface area (TPSA) is 41.6 Å². The number of hydrogen-bond acceptors (Lipinski definition) is 3. The van der Waals surface area contributed by atoms with E-state index in [1.165, 1.54) is 12.8 Å². The van der Waals surface area contributed by atoms with Crippen LogP contribution in [0.4, 0.5) is 0 Å². The van der Waals surface area contributed by atoms with Gasteiger partial charge in [0.15, 0.2) is 0 Å². The molecule has 132 valence electrons. The number of hydrogen-bond donors (Lipinski definition) is 1. The van der Waals surface area contributed by atoms with Gasteiger partial charge in [-0.2, -0.15) is 0 Å². The molecule has 2 aliphatic heterocycles. The van der Waals surface area contributed by atoms with Gasteiger partial charge in [-0.05, 0) is 50.3 Å². The molecule has 0 saturated carbocycles. The zero-order valence-electron chi connectivity index (χ0n) is 14.0. The van der Waals surface area contributed by atoms with Crippen LogP contribution in [0.2, 0.25) is 10.0 Å². The van der Waals surface area contributed by atoms with Crippen molar-refractivity contribution in [3.8, 4) is 0 Å². The van der Waals surface area contributed by atoms with Crippen LogP contribution in [0.5, 0.6) is 0 Å². The minimum Gasteiger partial charge on any atom is -0.377 e. The van der Waals surface area contributed by atoms with Crippen LogP contribution in [-0.2, 0) is 4.74 Å². The Bertz CT molecular complexity index is 572. The molecule has 2 heterocycles. The number of rotatable bonds is 4. The third-order valence-corrected chi connectivity index (χ3v) is 5.74. The van der Waals surface area contributed by atoms with E-state index in [4.69, 9.17) is 27.9 Å². The molecule has 6 heteroatoms. The maximum Gasteiger partial charge on any atom is 0.251 e. The molecule has 2 saturated heterocycles. The summed E-state index contributed by atoms with van der Waals surface area (Å²) in [7, 11) is 0. The minimum atomic E-state index is -0.101. The van der Waals surface area contributed by atoms with E-state index in [1.54, 1.807) is 12.1 Å². The Labute approximate surface area is 153 Å². The molecule has 1 N–H and O–H groups in total. The second-order valence-corrected chi connectivity index (χ2v) is 7.56. The first-order chi connectivity index (χ1) is 11.5. The summed E-state index contributed by atoms with van der Waals surface area (Å²) >= 11 is 12.2. The average molecular weight is 371 g/mol. The summed E-state index contributed by atoms with van der Waals surface area (Å²) in [5.41, 5.74) is 1.33. The van der Waals surface area contributed by atoms with Crippen LogP contribution >= 0.6 is 23.2 Å². The molecule has 24 heavy (non-hydrogen) atoms. The van der Waals surface area contributed by atoms with Gasteiger partial charge in [0.2, 0.25) is 0 Å². The largest absolute Gasteiger partial charge is 0.377 e. The first-order valence-electron chi connectivity index (χ1n) is 8.63. The summed E-state index contributed by atoms with van der Waals surface area (Å²) < 4.78 is 5.70. The van der Waals surface area contributed by atoms with Gasteiger partial charge >= 0.3 is 0 Å². The van der Waals surface area contributed by atoms with E-state index in [0.29, 0.717) is 21.7 Å². The first kappa shape index (κ1) is 18.0. The van der Waals surface area contributed by atoms with Crippen molar-refractivity contribution in [3.63, 3.8) is 0 Å². The zero-order chi connectivity index (χ0) is 17.1. The molecule has 1 atom stereocenters. The van der Waals surface area contributed by atoms with Crippen LogP contribution in [0.3, 0.4) is 0 Å². The molecule has 1 amide bonds. The summed E-state index contributed by atoms with van der Waals surface area (Å²) in [4.78, 5) is 14.9. The number of piperidine rings is 1. The van der Waals surface area contributed by atoms with Crippen molar-refractivity contribution in [3.05, 3.63) is 33.3 Å². The molecule has 2 fully saturated rings. The van der Waals surface area contributed by atoms with Crippen LogP contribution < -0.4 is 5.32 Å². The van der Waals surface area contributed by atoms with Crippen molar-refractivity contribution in [2.45, 2.75) is 44.8 Å². The highest BCUT2D eigenvalue weighted by Crippen LogP contribution is 2.26. The summed E-state index contributed by atoms with van der Waals surface area (Å²) in [6.45, 7) is 5.76. The van der Waals surface area contributed by atoms with Crippen LogP contribution in [0.15, 0.2) is 12.1 Å². The summed E-state index contributed by atoms with van der Waals surface area (Å²) in [6.07, 6.45) is 4.68. The van der Waals surface area contributed by atoms with E-state index in [-0.39, 0.29) is 11.9 Å². The van der Waals surface area contributed by atoms with E-state index in [9.17, 15) is 4.79 Å². The molecular formula is C18H24Cl2N2O2. The molecule has 0 radical (unpaired) electrons. The molecule has 0 bridgehead atoms. The lowest BCUT2D eigenvalue weighted by atomic mass is 10.0. The molecule has 3 rings (SSSR count). The summed E-state index contributed by atoms with van der Waals surface area (Å²) in [6, 6.07) is 3.58. The Morgan fingerprint density at radius 3 is 2.50 bits per heavy atom. The number of nitrogens with one attached hydrogen (secondary N) is 1. The number of ether oxygens (including phenoxy) is 1. The highest BCUT2D eigenvalue weighted by Gasteiger charge is 2.25. The lowest BCUT2D eigenvalue weighted by molar-refractivity contribution is 0.0613. The van der Waals surface area contributed by atoms with Gasteiger partial charge in [-0.3, -0.25) is 4.79 Å². The molecule has 1 aromatic carbocycles. The monoisotopic (exact) mass is 370 g/mol. The molecule has 2 aliphatic rings. The SMILES string of the molecule is Cc1c(Cl)cc(C(=O)NC2CCN(C[C@H]3CCCO3)CC2)cc1Cl. The summed E-state index contributed by atoms with van der Waals surface area (Å²) in [5, 5.41) is 4.16. The second kappa shape index (κ2) is 8.05. The number of amides is 1. The number of halogens is 2. The fourth-order valence-corrected chi connectivity index (χ4v) is 3.87. The highest BCUT2D eigenvalue weighted by molar-refractivity contribution is 6.36. The van der Waals surface area contributed by atoms with Crippen molar-refractivity contribution in [1.82, 2.24) is 10.2 Å². The van der Waals surface area contributed by atoms with E-state index < -0.39 is 0 Å². The minimum absolute atomic E-state index is 0.101. The van der Waals surface area contributed by atoms with Crippen molar-refractivity contribution in [2.75, 3.05) is 26.2 Å². The Hall–Kier alpha value is -0.810. The van der Waals surface area contributed by atoms with Gasteiger partial charge in [-0.1, -0.05) is 23.2 Å². The van der Waals surface area contributed by atoms with Crippen LogP contribution in [0.25, 0.3) is 0 Å². The van der Waals surface area contributed by atoms with Crippen molar-refractivity contribution >= 4 is 29.1 Å². The standard InChI is InChI=1S/C18H24Cl2N2O2/c1-12-16(19)9-13(10-17(12)20)18(23)21-14-4-6-22(7-5-14)11-15-3-2-8-24-15/h9-10,14-15H,2-8,11H2,1H3,(H,21,23)/t15-/m1/s1. The lowest BCUT2D eigenvalue weighted by Gasteiger charge is -2.33. The van der Waals surface area contributed by atoms with Gasteiger partial charge in [0.25, 0.3) is 5.91 Å². The van der Waals surface area contributed by atoms with Gasteiger partial charge in [0.1, 0.15) is 0 Å². The number of likely N-dealkylation sites (tertiary alicyclic amines) is 1. The predicted molar refractivity (Wildman–Crippen MR) is 97.1 cm³/mol. The van der Waals surface area contributed by atoms with Crippen molar-refractivity contribution in [1.29, 1.82) is 0 Å². The quantitative estimate of drug-likeness (QED) is 0.878. The maximum atomic E-state index is 12.4. The number of benzene rings is 1. The van der Waals surface area contributed by atoms with Crippen molar-refractivity contribution in [2.24, 2.45) is 0 Å². The number of carbonyl (C=O) groups excluding carboxylic acids is 1. The second-order valence-electron chi connectivity index (χ2n) is 6.75. The number of carbonyl (C=O) groups is 1. The Morgan fingerprint density at radius 1 is 1.25 bits per heavy atom. The zero-order valence-corrected chi connectivity index (χ0v) is 15.5. The van der Waals surface area contributed by atoms with Gasteiger partial charge in [-0.25, -0.2) is 0 Å². The predicted octanol–water partition coefficient (Wildman–Crippen LogP) is 3.68. The highest BCUT2D eigenvalue weighted by atomic mass is 35.5. The molecule has 0 spiro atoms. The maximum absolute atomic E-state index is 12.4. The molecule has 0 aliphatic carbocycles. The van der Waals surface area contributed by atoms with E-state index in [2.05, 4.69) is 10.2 Å². The Kier molecular flexibility index (Phi) is 6.03. The molecule has 1 aromatic rings. The van der Waals surface area contributed by atoms with Gasteiger partial charge in [0.05, 0.1) is 6.10 Å². The van der Waals surface area contributed by atoms with Gasteiger partial charge in [0, 0.05) is 47.9 Å².